The van der Waals surface area contributed by atoms with Gasteiger partial charge in [0, 0.05) is 6.54 Å². The Kier molecular flexibility index (Phi) is 5.41. The molecule has 9 heteroatoms. The third-order valence-electron chi connectivity index (χ3n) is 5.33. The molecule has 0 fully saturated rings. The number of ether oxygens (including phenoxy) is 3. The van der Waals surface area contributed by atoms with Gasteiger partial charge in [-0.15, -0.1) is 0 Å². The maximum Gasteiger partial charge on any atom is 0.319 e. The number of halogens is 1. The fourth-order valence-electron chi connectivity index (χ4n) is 3.88. The summed E-state index contributed by atoms with van der Waals surface area (Å²) in [5.41, 5.74) is 2.39. The molecule has 0 aliphatic carbocycles. The van der Waals surface area contributed by atoms with E-state index in [4.69, 9.17) is 14.2 Å². The van der Waals surface area contributed by atoms with E-state index in [1.807, 2.05) is 0 Å². The van der Waals surface area contributed by atoms with Gasteiger partial charge in [0.1, 0.15) is 5.82 Å². The topological polar surface area (TPSA) is 89.1 Å². The zero-order valence-corrected chi connectivity index (χ0v) is 17.3. The maximum absolute atomic E-state index is 13.2. The van der Waals surface area contributed by atoms with Crippen molar-refractivity contribution in [3.05, 3.63) is 64.6 Å². The quantitative estimate of drug-likeness (QED) is 0.740. The summed E-state index contributed by atoms with van der Waals surface area (Å²) in [7, 11) is 4.50. The Morgan fingerprint density at radius 2 is 1.68 bits per heavy atom. The largest absolute Gasteiger partial charge is 0.493 e. The predicted octanol–water partition coefficient (Wildman–Crippen LogP) is 2.50. The Morgan fingerprint density at radius 3 is 2.26 bits per heavy atom. The van der Waals surface area contributed by atoms with E-state index in [1.54, 1.807) is 29.2 Å². The van der Waals surface area contributed by atoms with Crippen LogP contribution in [0, 0.1) is 5.82 Å². The van der Waals surface area contributed by atoms with Gasteiger partial charge in [-0.3, -0.25) is 4.79 Å². The highest BCUT2D eigenvalue weighted by atomic mass is 19.1. The van der Waals surface area contributed by atoms with E-state index >= 15 is 0 Å². The van der Waals surface area contributed by atoms with E-state index in [-0.39, 0.29) is 18.3 Å². The first-order chi connectivity index (χ1) is 14.9. The first kappa shape index (κ1) is 20.5. The standard InChI is InChI=1S/C22H22FN3O5/c1-29-16-8-13(9-17(30-2)20(16)31-3)19-18-15(24-22(28)25-19)11-26(21(18)27)10-12-4-6-14(23)7-5-12/h4-9,19H,10-11H2,1-3H3,(H2,24,25,28)/t19-/m1/s1. The minimum Gasteiger partial charge on any atom is -0.493 e. The fourth-order valence-corrected chi connectivity index (χ4v) is 3.88. The summed E-state index contributed by atoms with van der Waals surface area (Å²) in [5, 5.41) is 5.54. The van der Waals surface area contributed by atoms with Crippen molar-refractivity contribution in [2.24, 2.45) is 0 Å². The molecule has 0 saturated carbocycles. The summed E-state index contributed by atoms with van der Waals surface area (Å²) in [6.07, 6.45) is 0. The van der Waals surface area contributed by atoms with Crippen LogP contribution in [-0.4, -0.2) is 44.7 Å². The molecular formula is C22H22FN3O5. The highest BCUT2D eigenvalue weighted by molar-refractivity contribution is 6.01. The third-order valence-corrected chi connectivity index (χ3v) is 5.33. The van der Waals surface area contributed by atoms with Gasteiger partial charge in [-0.2, -0.15) is 0 Å². The van der Waals surface area contributed by atoms with Crippen molar-refractivity contribution in [3.63, 3.8) is 0 Å². The highest BCUT2D eigenvalue weighted by Gasteiger charge is 2.40. The van der Waals surface area contributed by atoms with E-state index in [1.165, 1.54) is 33.5 Å². The Balaban J connectivity index is 1.68. The van der Waals surface area contributed by atoms with Crippen LogP contribution in [0.3, 0.4) is 0 Å². The average molecular weight is 427 g/mol. The molecule has 2 aliphatic heterocycles. The second-order valence-corrected chi connectivity index (χ2v) is 7.17. The molecule has 1 atom stereocenters. The number of hydrogen-bond donors (Lipinski definition) is 2. The van der Waals surface area contributed by atoms with Gasteiger partial charge >= 0.3 is 6.03 Å². The van der Waals surface area contributed by atoms with Crippen LogP contribution in [0.1, 0.15) is 17.2 Å². The van der Waals surface area contributed by atoms with Gasteiger partial charge in [0.25, 0.3) is 5.91 Å². The molecule has 0 bridgehead atoms. The van der Waals surface area contributed by atoms with Crippen LogP contribution in [0.5, 0.6) is 17.2 Å². The number of urea groups is 1. The summed E-state index contributed by atoms with van der Waals surface area (Å²) >= 11 is 0. The van der Waals surface area contributed by atoms with E-state index in [0.29, 0.717) is 40.6 Å². The summed E-state index contributed by atoms with van der Waals surface area (Å²) in [4.78, 5) is 27.2. The van der Waals surface area contributed by atoms with Crippen LogP contribution in [-0.2, 0) is 11.3 Å². The zero-order chi connectivity index (χ0) is 22.1. The Hall–Kier alpha value is -3.75. The lowest BCUT2D eigenvalue weighted by molar-refractivity contribution is -0.126. The molecule has 162 valence electrons. The van der Waals surface area contributed by atoms with Crippen LogP contribution in [0.25, 0.3) is 0 Å². The smallest absolute Gasteiger partial charge is 0.319 e. The van der Waals surface area contributed by atoms with Gasteiger partial charge in [0.15, 0.2) is 11.5 Å². The third kappa shape index (κ3) is 3.74. The number of nitrogens with one attached hydrogen (secondary N) is 2. The van der Waals surface area contributed by atoms with Crippen LogP contribution in [0.4, 0.5) is 9.18 Å². The lowest BCUT2D eigenvalue weighted by Crippen LogP contribution is -2.44. The van der Waals surface area contributed by atoms with Crippen LogP contribution in [0.2, 0.25) is 0 Å². The van der Waals surface area contributed by atoms with Gasteiger partial charge < -0.3 is 29.7 Å². The van der Waals surface area contributed by atoms with Crippen molar-refractivity contribution in [3.8, 4) is 17.2 Å². The predicted molar refractivity (Wildman–Crippen MR) is 109 cm³/mol. The van der Waals surface area contributed by atoms with Crippen molar-refractivity contribution >= 4 is 11.9 Å². The van der Waals surface area contributed by atoms with Crippen molar-refractivity contribution in [1.82, 2.24) is 15.5 Å². The van der Waals surface area contributed by atoms with Gasteiger partial charge in [-0.25, -0.2) is 9.18 Å². The molecule has 4 rings (SSSR count). The lowest BCUT2D eigenvalue weighted by Gasteiger charge is -2.26. The highest BCUT2D eigenvalue weighted by Crippen LogP contribution is 2.42. The summed E-state index contributed by atoms with van der Waals surface area (Å²) in [5.74, 6) is 0.693. The summed E-state index contributed by atoms with van der Waals surface area (Å²) < 4.78 is 29.4. The average Bonchev–Trinajstić information content (AvgIpc) is 3.08. The Labute approximate surface area is 178 Å². The number of methoxy groups -OCH3 is 3. The molecule has 0 unspecified atom stereocenters. The minimum atomic E-state index is -0.692. The number of carbonyl (C=O) groups is 2. The molecule has 0 radical (unpaired) electrons. The molecule has 31 heavy (non-hydrogen) atoms. The molecule has 2 aromatic carbocycles. The first-order valence-electron chi connectivity index (χ1n) is 9.59. The molecule has 0 aromatic heterocycles. The number of hydrogen-bond acceptors (Lipinski definition) is 5. The first-order valence-corrected chi connectivity index (χ1v) is 9.59. The number of nitrogens with zero attached hydrogens (tertiary/aromatic N) is 1. The number of carbonyl (C=O) groups excluding carboxylic acids is 2. The molecule has 2 N–H and O–H groups in total. The van der Waals surface area contributed by atoms with Gasteiger partial charge in [0.2, 0.25) is 5.75 Å². The summed E-state index contributed by atoms with van der Waals surface area (Å²) in [6.45, 7) is 0.545. The maximum atomic E-state index is 13.2. The monoisotopic (exact) mass is 427 g/mol. The SMILES string of the molecule is COc1cc([C@H]2NC(=O)NC3=C2C(=O)N(Cc2ccc(F)cc2)C3)cc(OC)c1OC. The molecule has 2 aromatic rings. The summed E-state index contributed by atoms with van der Waals surface area (Å²) in [6, 6.07) is 8.28. The Bertz CT molecular complexity index is 1040. The molecule has 0 saturated heterocycles. The molecule has 2 aliphatic rings. The second-order valence-electron chi connectivity index (χ2n) is 7.17. The van der Waals surface area contributed by atoms with Crippen LogP contribution in [0.15, 0.2) is 47.7 Å². The number of benzene rings is 2. The van der Waals surface area contributed by atoms with E-state index in [2.05, 4.69) is 10.6 Å². The van der Waals surface area contributed by atoms with Crippen molar-refractivity contribution in [2.75, 3.05) is 27.9 Å². The van der Waals surface area contributed by atoms with E-state index in [9.17, 15) is 14.0 Å². The fraction of sp³-hybridized carbons (Fsp3) is 0.273. The van der Waals surface area contributed by atoms with Gasteiger partial charge in [0.05, 0.1) is 45.2 Å². The Morgan fingerprint density at radius 1 is 1.03 bits per heavy atom. The van der Waals surface area contributed by atoms with Crippen LogP contribution < -0.4 is 24.8 Å². The minimum absolute atomic E-state index is 0.217. The van der Waals surface area contributed by atoms with Crippen molar-refractivity contribution in [2.45, 2.75) is 12.6 Å². The molecule has 3 amide bonds. The molecular weight excluding hydrogens is 405 g/mol. The van der Waals surface area contributed by atoms with E-state index < -0.39 is 12.1 Å². The molecule has 2 heterocycles. The van der Waals surface area contributed by atoms with Crippen molar-refractivity contribution < 1.29 is 28.2 Å². The zero-order valence-electron chi connectivity index (χ0n) is 17.3. The van der Waals surface area contributed by atoms with Crippen LogP contribution >= 0.6 is 0 Å². The molecule has 8 nitrogen and oxygen atoms in total. The number of amides is 3. The normalized spacial score (nSPS) is 17.8. The van der Waals surface area contributed by atoms with Crippen molar-refractivity contribution in [1.29, 1.82) is 0 Å². The lowest BCUT2D eigenvalue weighted by atomic mass is 9.95. The van der Waals surface area contributed by atoms with E-state index in [0.717, 1.165) is 5.56 Å². The van der Waals surface area contributed by atoms with Gasteiger partial charge in [-0.05, 0) is 35.4 Å². The number of rotatable bonds is 6. The van der Waals surface area contributed by atoms with Gasteiger partial charge in [-0.1, -0.05) is 12.1 Å². The molecule has 0 spiro atoms. The second kappa shape index (κ2) is 8.17.